The van der Waals surface area contributed by atoms with Crippen LogP contribution in [0.3, 0.4) is 0 Å². The van der Waals surface area contributed by atoms with E-state index >= 15 is 0 Å². The second-order valence-corrected chi connectivity index (χ2v) is 1.53. The first-order valence-electron chi connectivity index (χ1n) is 2.29. The Kier molecular flexibility index (Phi) is 7.20. The molecular formula is C4H8LiO5+. The second-order valence-electron chi connectivity index (χ2n) is 1.53. The molecule has 0 aliphatic carbocycles. The van der Waals surface area contributed by atoms with E-state index in [2.05, 4.69) is 0 Å². The molecule has 0 spiro atoms. The van der Waals surface area contributed by atoms with E-state index in [1.807, 2.05) is 0 Å². The standard InChI is InChI=1S/C4H8O5.Li/c5-1-2(6)3(7)4(8)9;/h2-3,5-7H,1H2,(H,8,9);/q;+1/t2-,3+;/m1./s1. The third-order valence-corrected chi connectivity index (χ3v) is 0.805. The normalized spacial score (nSPS) is 15.1. The van der Waals surface area contributed by atoms with Gasteiger partial charge in [-0.05, 0) is 0 Å². The van der Waals surface area contributed by atoms with Gasteiger partial charge in [0.25, 0.3) is 0 Å². The van der Waals surface area contributed by atoms with Gasteiger partial charge in [0, 0.05) is 0 Å². The Hall–Kier alpha value is -0.0526. The predicted molar refractivity (Wildman–Crippen MR) is 26.7 cm³/mol. The summed E-state index contributed by atoms with van der Waals surface area (Å²) in [6, 6.07) is 0. The fourth-order valence-corrected chi connectivity index (χ4v) is 0.264. The number of hydrogen-bond acceptors (Lipinski definition) is 4. The minimum atomic E-state index is -1.89. The molecule has 0 saturated heterocycles. The number of hydrogen-bond donors (Lipinski definition) is 4. The molecule has 0 heterocycles. The van der Waals surface area contributed by atoms with Gasteiger partial charge < -0.3 is 20.4 Å². The zero-order valence-corrected chi connectivity index (χ0v) is 5.56. The average Bonchev–Trinajstić information content (AvgIpc) is 1.84. The van der Waals surface area contributed by atoms with Crippen molar-refractivity contribution in [2.75, 3.05) is 6.61 Å². The van der Waals surface area contributed by atoms with Crippen molar-refractivity contribution in [3.63, 3.8) is 0 Å². The van der Waals surface area contributed by atoms with Crippen LogP contribution in [0.2, 0.25) is 0 Å². The molecule has 0 fully saturated rings. The fraction of sp³-hybridized carbons (Fsp3) is 0.750. The summed E-state index contributed by atoms with van der Waals surface area (Å²) in [6.07, 6.45) is -3.49. The summed E-state index contributed by atoms with van der Waals surface area (Å²) < 4.78 is 0. The number of aliphatic hydroxyl groups is 3. The molecule has 0 aromatic rings. The molecule has 10 heavy (non-hydrogen) atoms. The van der Waals surface area contributed by atoms with Crippen LogP contribution in [0.4, 0.5) is 0 Å². The summed E-state index contributed by atoms with van der Waals surface area (Å²) in [7, 11) is 0. The van der Waals surface area contributed by atoms with Gasteiger partial charge in [0.15, 0.2) is 6.10 Å². The predicted octanol–water partition coefficient (Wildman–Crippen LogP) is -5.21. The van der Waals surface area contributed by atoms with Gasteiger partial charge in [-0.3, -0.25) is 0 Å². The van der Waals surface area contributed by atoms with Crippen molar-refractivity contribution in [1.82, 2.24) is 0 Å². The number of carbonyl (C=O) groups is 1. The first kappa shape index (κ1) is 12.6. The quantitative estimate of drug-likeness (QED) is 0.296. The molecule has 0 amide bonds. The van der Waals surface area contributed by atoms with Crippen LogP contribution in [0.25, 0.3) is 0 Å². The summed E-state index contributed by atoms with van der Waals surface area (Å²) in [4.78, 5) is 9.78. The Morgan fingerprint density at radius 2 is 1.80 bits per heavy atom. The third kappa shape index (κ3) is 3.88. The summed E-state index contributed by atoms with van der Waals surface area (Å²) >= 11 is 0. The van der Waals surface area contributed by atoms with Gasteiger partial charge in [-0.15, -0.1) is 0 Å². The Bertz CT molecular complexity index is 106. The van der Waals surface area contributed by atoms with E-state index in [0.29, 0.717) is 0 Å². The van der Waals surface area contributed by atoms with Gasteiger partial charge in [0.05, 0.1) is 6.61 Å². The minimum absolute atomic E-state index is 0. The summed E-state index contributed by atoms with van der Waals surface area (Å²) in [5.74, 6) is -1.54. The maximum absolute atomic E-state index is 9.78. The Labute approximate surface area is 69.5 Å². The van der Waals surface area contributed by atoms with Crippen LogP contribution < -0.4 is 18.9 Å². The number of rotatable bonds is 3. The molecule has 0 aliphatic rings. The third-order valence-electron chi connectivity index (χ3n) is 0.805. The van der Waals surface area contributed by atoms with Crippen molar-refractivity contribution in [2.45, 2.75) is 12.2 Å². The van der Waals surface area contributed by atoms with Gasteiger partial charge in [-0.1, -0.05) is 0 Å². The van der Waals surface area contributed by atoms with E-state index in [1.54, 1.807) is 0 Å². The molecule has 0 bridgehead atoms. The van der Waals surface area contributed by atoms with Gasteiger partial charge in [0.1, 0.15) is 6.10 Å². The molecule has 0 radical (unpaired) electrons. The topological polar surface area (TPSA) is 98.0 Å². The molecule has 0 rings (SSSR count). The molecule has 0 unspecified atom stereocenters. The van der Waals surface area contributed by atoms with Gasteiger partial charge in [0.2, 0.25) is 0 Å². The summed E-state index contributed by atoms with van der Waals surface area (Å²) in [5.41, 5.74) is 0. The minimum Gasteiger partial charge on any atom is -0.479 e. The van der Waals surface area contributed by atoms with Gasteiger partial charge in [-0.25, -0.2) is 4.79 Å². The van der Waals surface area contributed by atoms with Crippen LogP contribution in [-0.4, -0.2) is 45.2 Å². The van der Waals surface area contributed by atoms with Crippen LogP contribution in [0.15, 0.2) is 0 Å². The van der Waals surface area contributed by atoms with Crippen LogP contribution in [-0.2, 0) is 4.79 Å². The molecule has 0 saturated carbocycles. The van der Waals surface area contributed by atoms with E-state index in [-0.39, 0.29) is 18.9 Å². The smallest absolute Gasteiger partial charge is 0.479 e. The maximum atomic E-state index is 9.78. The molecule has 0 aliphatic heterocycles. The number of carboxylic acid groups (broad SMARTS) is 1. The molecule has 54 valence electrons. The van der Waals surface area contributed by atoms with Crippen molar-refractivity contribution in [1.29, 1.82) is 0 Å². The summed E-state index contributed by atoms with van der Waals surface area (Å²) in [6.45, 7) is -0.756. The van der Waals surface area contributed by atoms with E-state index in [9.17, 15) is 4.79 Å². The van der Waals surface area contributed by atoms with Crippen molar-refractivity contribution >= 4 is 5.97 Å². The molecular weight excluding hydrogens is 135 g/mol. The monoisotopic (exact) mass is 143 g/mol. The number of carboxylic acids is 1. The zero-order valence-electron chi connectivity index (χ0n) is 5.56. The molecule has 5 nitrogen and oxygen atoms in total. The molecule has 0 aromatic carbocycles. The first-order chi connectivity index (χ1) is 4.09. The van der Waals surface area contributed by atoms with E-state index in [4.69, 9.17) is 20.4 Å². The van der Waals surface area contributed by atoms with E-state index in [0.717, 1.165) is 0 Å². The van der Waals surface area contributed by atoms with Crippen LogP contribution in [0.5, 0.6) is 0 Å². The SMILES string of the molecule is O=C(O)[C@@H](O)[C@H](O)CO.[Li+]. The summed E-state index contributed by atoms with van der Waals surface area (Å²) in [5, 5.41) is 32.8. The molecule has 0 aromatic heterocycles. The maximum Gasteiger partial charge on any atom is 1.00 e. The Balaban J connectivity index is 0. The first-order valence-corrected chi connectivity index (χ1v) is 2.29. The number of aliphatic hydroxyl groups excluding tert-OH is 3. The largest absolute Gasteiger partial charge is 1.00 e. The van der Waals surface area contributed by atoms with Crippen LogP contribution in [0, 0.1) is 0 Å². The molecule has 6 heteroatoms. The second kappa shape index (κ2) is 5.71. The average molecular weight is 143 g/mol. The van der Waals surface area contributed by atoms with Crippen molar-refractivity contribution in [3.8, 4) is 0 Å². The number of aliphatic carboxylic acids is 1. The van der Waals surface area contributed by atoms with Crippen molar-refractivity contribution < 1.29 is 44.1 Å². The van der Waals surface area contributed by atoms with Crippen LogP contribution in [0.1, 0.15) is 0 Å². The van der Waals surface area contributed by atoms with Gasteiger partial charge >= 0.3 is 24.8 Å². The van der Waals surface area contributed by atoms with E-state index < -0.39 is 24.8 Å². The molecule has 2 atom stereocenters. The van der Waals surface area contributed by atoms with E-state index in [1.165, 1.54) is 0 Å². The molecule has 4 N–H and O–H groups in total. The van der Waals surface area contributed by atoms with Crippen LogP contribution >= 0.6 is 0 Å². The van der Waals surface area contributed by atoms with Gasteiger partial charge in [-0.2, -0.15) is 0 Å². The fourth-order valence-electron chi connectivity index (χ4n) is 0.264. The van der Waals surface area contributed by atoms with Crippen molar-refractivity contribution in [2.24, 2.45) is 0 Å². The van der Waals surface area contributed by atoms with Crippen molar-refractivity contribution in [3.05, 3.63) is 0 Å². The Morgan fingerprint density at radius 3 is 1.90 bits per heavy atom. The zero-order chi connectivity index (χ0) is 7.44. The Morgan fingerprint density at radius 1 is 1.40 bits per heavy atom.